The van der Waals surface area contributed by atoms with E-state index in [0.717, 1.165) is 37.6 Å². The summed E-state index contributed by atoms with van der Waals surface area (Å²) in [6, 6.07) is 0. The summed E-state index contributed by atoms with van der Waals surface area (Å²) in [7, 11) is 2.13. The number of rotatable bonds is 2. The van der Waals surface area contributed by atoms with Crippen molar-refractivity contribution in [1.82, 2.24) is 19.9 Å². The molecule has 2 heterocycles. The lowest BCUT2D eigenvalue weighted by Gasteiger charge is -2.32. The second-order valence-electron chi connectivity index (χ2n) is 4.44. The molecule has 5 nitrogen and oxygen atoms in total. The van der Waals surface area contributed by atoms with Crippen LogP contribution >= 0.6 is 11.6 Å². The number of aromatic nitrogens is 2. The minimum absolute atomic E-state index is 0.437. The van der Waals surface area contributed by atoms with Gasteiger partial charge in [-0.05, 0) is 20.9 Å². The van der Waals surface area contributed by atoms with E-state index in [1.165, 1.54) is 0 Å². The Hall–Kier alpha value is -0.910. The van der Waals surface area contributed by atoms with Crippen LogP contribution in [0.15, 0.2) is 0 Å². The predicted molar refractivity (Wildman–Crippen MR) is 69.2 cm³/mol. The Labute approximate surface area is 107 Å². The molecule has 17 heavy (non-hydrogen) atoms. The van der Waals surface area contributed by atoms with Gasteiger partial charge in [-0.25, -0.2) is 15.0 Å². The molecule has 0 spiro atoms. The molecular formula is C11H18ClN5. The highest BCUT2D eigenvalue weighted by Gasteiger charge is 2.16. The van der Waals surface area contributed by atoms with Gasteiger partial charge < -0.3 is 10.3 Å². The minimum Gasteiger partial charge on any atom is -0.304 e. The van der Waals surface area contributed by atoms with Crippen LogP contribution in [-0.4, -0.2) is 53.1 Å². The van der Waals surface area contributed by atoms with Crippen LogP contribution in [0.3, 0.4) is 0 Å². The zero-order valence-corrected chi connectivity index (χ0v) is 11.3. The Morgan fingerprint density at radius 1 is 1.06 bits per heavy atom. The SMILES string of the molecule is Cc1nc(Cl)c(NN2CCN(C)CC2)nc1C. The van der Waals surface area contributed by atoms with Gasteiger partial charge in [0.05, 0.1) is 11.4 Å². The maximum absolute atomic E-state index is 6.08. The van der Waals surface area contributed by atoms with E-state index in [-0.39, 0.29) is 0 Å². The molecule has 1 aromatic heterocycles. The molecule has 1 aliphatic heterocycles. The summed E-state index contributed by atoms with van der Waals surface area (Å²) in [4.78, 5) is 11.0. The molecule has 0 amide bonds. The average Bonchev–Trinajstić information content (AvgIpc) is 2.29. The molecule has 1 aliphatic rings. The summed E-state index contributed by atoms with van der Waals surface area (Å²) < 4.78 is 0. The number of aryl methyl sites for hydroxylation is 2. The van der Waals surface area contributed by atoms with Crippen LogP contribution in [0.1, 0.15) is 11.4 Å². The number of hydrogen-bond donors (Lipinski definition) is 1. The van der Waals surface area contributed by atoms with Crippen molar-refractivity contribution in [3.05, 3.63) is 16.5 Å². The van der Waals surface area contributed by atoms with Gasteiger partial charge in [0, 0.05) is 26.2 Å². The normalized spacial score (nSPS) is 18.4. The lowest BCUT2D eigenvalue weighted by Crippen LogP contribution is -2.47. The largest absolute Gasteiger partial charge is 0.304 e. The number of hydrogen-bond acceptors (Lipinski definition) is 5. The van der Waals surface area contributed by atoms with Crippen molar-refractivity contribution in [2.75, 3.05) is 38.7 Å². The number of nitrogens with one attached hydrogen (secondary N) is 1. The number of hydrazine groups is 1. The number of halogens is 1. The number of nitrogens with zero attached hydrogens (tertiary/aromatic N) is 4. The maximum atomic E-state index is 6.08. The highest BCUT2D eigenvalue weighted by molar-refractivity contribution is 6.31. The molecular weight excluding hydrogens is 238 g/mol. The van der Waals surface area contributed by atoms with Crippen molar-refractivity contribution in [3.63, 3.8) is 0 Å². The Morgan fingerprint density at radius 2 is 1.65 bits per heavy atom. The van der Waals surface area contributed by atoms with Crippen LogP contribution in [0.5, 0.6) is 0 Å². The van der Waals surface area contributed by atoms with Crippen LogP contribution < -0.4 is 5.43 Å². The molecule has 1 aromatic rings. The monoisotopic (exact) mass is 255 g/mol. The molecule has 94 valence electrons. The summed E-state index contributed by atoms with van der Waals surface area (Å²) in [5, 5.41) is 2.57. The van der Waals surface area contributed by atoms with Crippen molar-refractivity contribution in [1.29, 1.82) is 0 Å². The number of likely N-dealkylation sites (N-methyl/N-ethyl adjacent to an activating group) is 1. The smallest absolute Gasteiger partial charge is 0.178 e. The molecule has 1 fully saturated rings. The van der Waals surface area contributed by atoms with E-state index in [1.54, 1.807) is 0 Å². The summed E-state index contributed by atoms with van der Waals surface area (Å²) in [6.07, 6.45) is 0. The molecule has 0 bridgehead atoms. The first-order chi connectivity index (χ1) is 8.06. The van der Waals surface area contributed by atoms with E-state index in [4.69, 9.17) is 11.6 Å². The molecule has 0 aliphatic carbocycles. The van der Waals surface area contributed by atoms with Crippen molar-refractivity contribution in [2.24, 2.45) is 0 Å². The molecule has 0 saturated carbocycles. The molecule has 0 radical (unpaired) electrons. The Kier molecular flexibility index (Phi) is 3.81. The van der Waals surface area contributed by atoms with Gasteiger partial charge in [0.15, 0.2) is 11.0 Å². The van der Waals surface area contributed by atoms with E-state index < -0.39 is 0 Å². The topological polar surface area (TPSA) is 44.3 Å². The predicted octanol–water partition coefficient (Wildman–Crippen LogP) is 1.32. The minimum atomic E-state index is 0.437. The second-order valence-corrected chi connectivity index (χ2v) is 4.79. The van der Waals surface area contributed by atoms with Crippen molar-refractivity contribution >= 4 is 17.4 Å². The molecule has 6 heteroatoms. The zero-order valence-electron chi connectivity index (χ0n) is 10.5. The third-order valence-electron chi connectivity index (χ3n) is 3.03. The summed E-state index contributed by atoms with van der Waals surface area (Å²) in [6.45, 7) is 7.86. The van der Waals surface area contributed by atoms with Crippen molar-refractivity contribution < 1.29 is 0 Å². The van der Waals surface area contributed by atoms with Gasteiger partial charge >= 0.3 is 0 Å². The van der Waals surface area contributed by atoms with Gasteiger partial charge in [0.1, 0.15) is 0 Å². The summed E-state index contributed by atoms with van der Waals surface area (Å²) in [5.74, 6) is 0.652. The third-order valence-corrected chi connectivity index (χ3v) is 3.30. The van der Waals surface area contributed by atoms with Crippen molar-refractivity contribution in [2.45, 2.75) is 13.8 Å². The van der Waals surface area contributed by atoms with Gasteiger partial charge in [-0.15, -0.1) is 0 Å². The Morgan fingerprint density at radius 3 is 2.29 bits per heavy atom. The molecule has 1 N–H and O–H groups in total. The lowest BCUT2D eigenvalue weighted by molar-refractivity contribution is 0.178. The molecule has 0 aromatic carbocycles. The molecule has 0 atom stereocenters. The number of anilines is 1. The van der Waals surface area contributed by atoms with Gasteiger partial charge in [-0.1, -0.05) is 11.6 Å². The van der Waals surface area contributed by atoms with Crippen molar-refractivity contribution in [3.8, 4) is 0 Å². The fraction of sp³-hybridized carbons (Fsp3) is 0.636. The average molecular weight is 256 g/mol. The quantitative estimate of drug-likeness (QED) is 0.864. The highest BCUT2D eigenvalue weighted by Crippen LogP contribution is 2.19. The van der Waals surface area contributed by atoms with E-state index in [0.29, 0.717) is 11.0 Å². The molecule has 2 rings (SSSR count). The standard InChI is InChI=1S/C11H18ClN5/c1-8-9(2)14-11(10(12)13-8)15-17-6-4-16(3)5-7-17/h4-7H2,1-3H3,(H,14,15). The fourth-order valence-corrected chi connectivity index (χ4v) is 1.93. The van der Waals surface area contributed by atoms with E-state index in [1.807, 2.05) is 13.8 Å². The molecule has 1 saturated heterocycles. The van der Waals surface area contributed by atoms with Gasteiger partial charge in [0.25, 0.3) is 0 Å². The van der Waals surface area contributed by atoms with E-state index >= 15 is 0 Å². The zero-order chi connectivity index (χ0) is 12.4. The van der Waals surface area contributed by atoms with Crippen LogP contribution in [0.4, 0.5) is 5.82 Å². The van der Waals surface area contributed by atoms with E-state index in [9.17, 15) is 0 Å². The summed E-state index contributed by atoms with van der Waals surface area (Å²) in [5.41, 5.74) is 5.02. The second kappa shape index (κ2) is 5.16. The number of piperazine rings is 1. The highest BCUT2D eigenvalue weighted by atomic mass is 35.5. The van der Waals surface area contributed by atoms with Crippen LogP contribution in [0.25, 0.3) is 0 Å². The Balaban J connectivity index is 2.06. The summed E-state index contributed by atoms with van der Waals surface area (Å²) >= 11 is 6.08. The lowest BCUT2D eigenvalue weighted by atomic mass is 10.3. The fourth-order valence-electron chi connectivity index (χ4n) is 1.71. The first-order valence-electron chi connectivity index (χ1n) is 5.77. The van der Waals surface area contributed by atoms with Crippen LogP contribution in [0, 0.1) is 13.8 Å². The third kappa shape index (κ3) is 3.06. The van der Waals surface area contributed by atoms with Gasteiger partial charge in [-0.2, -0.15) is 0 Å². The Bertz CT molecular complexity index is 401. The first kappa shape index (κ1) is 12.5. The van der Waals surface area contributed by atoms with Gasteiger partial charge in [-0.3, -0.25) is 0 Å². The van der Waals surface area contributed by atoms with Crippen LogP contribution in [-0.2, 0) is 0 Å². The molecule has 0 unspecified atom stereocenters. The van der Waals surface area contributed by atoms with E-state index in [2.05, 4.69) is 32.4 Å². The van der Waals surface area contributed by atoms with Crippen LogP contribution in [0.2, 0.25) is 5.15 Å². The van der Waals surface area contributed by atoms with Gasteiger partial charge in [0.2, 0.25) is 0 Å². The first-order valence-corrected chi connectivity index (χ1v) is 6.15. The maximum Gasteiger partial charge on any atom is 0.178 e.